The first-order valence-corrected chi connectivity index (χ1v) is 22.5. The fourth-order valence-corrected chi connectivity index (χ4v) is 6.48. The van der Waals surface area contributed by atoms with Crippen LogP contribution in [0.15, 0.2) is 60.8 Å². The van der Waals surface area contributed by atoms with E-state index >= 15 is 0 Å². The fraction of sp³-hybridized carbons (Fsp3) is 0.750. The molecule has 3 atom stereocenters. The smallest absolute Gasteiger partial charge is 0.306 e. The first-order chi connectivity index (χ1) is 26.5. The van der Waals surface area contributed by atoms with Crippen LogP contribution < -0.4 is 5.32 Å². The second kappa shape index (κ2) is 41.7. The lowest BCUT2D eigenvalue weighted by atomic mass is 10.0. The first kappa shape index (κ1) is 51.6. The number of aliphatic hydroxyl groups is 2. The maximum absolute atomic E-state index is 13.1. The first-order valence-electron chi connectivity index (χ1n) is 22.5. The summed E-state index contributed by atoms with van der Waals surface area (Å²) in [6, 6.07) is -0.714. The quantitative estimate of drug-likeness (QED) is 0.0330. The summed E-state index contributed by atoms with van der Waals surface area (Å²) in [7, 11) is 0. The van der Waals surface area contributed by atoms with Gasteiger partial charge in [0.25, 0.3) is 0 Å². The molecule has 54 heavy (non-hydrogen) atoms. The van der Waals surface area contributed by atoms with Crippen molar-refractivity contribution in [2.24, 2.45) is 0 Å². The summed E-state index contributed by atoms with van der Waals surface area (Å²) in [5, 5.41) is 23.6. The largest absolute Gasteiger partial charge is 0.462 e. The molecule has 0 aromatic rings. The maximum Gasteiger partial charge on any atom is 0.306 e. The minimum atomic E-state index is -0.797. The number of allylic oxidation sites excluding steroid dienone is 10. The van der Waals surface area contributed by atoms with Gasteiger partial charge >= 0.3 is 5.97 Å². The summed E-state index contributed by atoms with van der Waals surface area (Å²) in [4.78, 5) is 25.9. The number of rotatable bonds is 39. The molecule has 3 N–H and O–H groups in total. The number of nitrogens with one attached hydrogen (secondary N) is 1. The zero-order chi connectivity index (χ0) is 39.6. The number of carbonyl (C=O) groups excluding carboxylic acids is 2. The van der Waals surface area contributed by atoms with Crippen molar-refractivity contribution in [1.82, 2.24) is 5.32 Å². The second-order valence-electron chi connectivity index (χ2n) is 15.0. The number of hydrogen-bond donors (Lipinski definition) is 3. The molecule has 6 heteroatoms. The van der Waals surface area contributed by atoms with Crippen molar-refractivity contribution in [3.05, 3.63) is 60.8 Å². The molecule has 0 rings (SSSR count). The molecule has 6 nitrogen and oxygen atoms in total. The van der Waals surface area contributed by atoms with Gasteiger partial charge in [-0.3, -0.25) is 9.59 Å². The van der Waals surface area contributed by atoms with Crippen molar-refractivity contribution >= 4 is 11.9 Å². The molecule has 0 spiro atoms. The minimum Gasteiger partial charge on any atom is -0.462 e. The minimum absolute atomic E-state index is 0.0464. The highest BCUT2D eigenvalue weighted by Gasteiger charge is 2.24. The van der Waals surface area contributed by atoms with E-state index in [1.807, 2.05) is 0 Å². The Morgan fingerprint density at radius 1 is 0.556 bits per heavy atom. The molecular formula is C48H85NO5. The van der Waals surface area contributed by atoms with Crippen molar-refractivity contribution in [2.75, 3.05) is 6.61 Å². The van der Waals surface area contributed by atoms with E-state index in [1.54, 1.807) is 0 Å². The molecule has 1 amide bonds. The molecule has 0 aliphatic heterocycles. The van der Waals surface area contributed by atoms with E-state index in [1.165, 1.54) is 64.2 Å². The van der Waals surface area contributed by atoms with E-state index in [9.17, 15) is 19.8 Å². The van der Waals surface area contributed by atoms with Gasteiger partial charge in [-0.15, -0.1) is 0 Å². The molecule has 312 valence electrons. The molecule has 0 aromatic carbocycles. The lowest BCUT2D eigenvalue weighted by Gasteiger charge is -2.24. The molecule has 0 aromatic heterocycles. The Morgan fingerprint density at radius 2 is 1.00 bits per heavy atom. The summed E-state index contributed by atoms with van der Waals surface area (Å²) in [5.41, 5.74) is 0. The van der Waals surface area contributed by atoms with Crippen molar-refractivity contribution in [2.45, 2.75) is 225 Å². The van der Waals surface area contributed by atoms with E-state index < -0.39 is 18.2 Å². The van der Waals surface area contributed by atoms with Crippen LogP contribution in [0.5, 0.6) is 0 Å². The van der Waals surface area contributed by atoms with Gasteiger partial charge in [-0.1, -0.05) is 171 Å². The van der Waals surface area contributed by atoms with E-state index in [2.05, 4.69) is 86.8 Å². The van der Waals surface area contributed by atoms with Crippen LogP contribution in [0.4, 0.5) is 0 Å². The van der Waals surface area contributed by atoms with Gasteiger partial charge in [0.05, 0.1) is 25.2 Å². The second-order valence-corrected chi connectivity index (χ2v) is 15.0. The van der Waals surface area contributed by atoms with Gasteiger partial charge < -0.3 is 20.3 Å². The van der Waals surface area contributed by atoms with Gasteiger partial charge in [0, 0.05) is 6.42 Å². The third kappa shape index (κ3) is 36.5. The summed E-state index contributed by atoms with van der Waals surface area (Å²) in [5.74, 6) is -0.528. The number of esters is 1. The van der Waals surface area contributed by atoms with Crippen LogP contribution >= 0.6 is 0 Å². The van der Waals surface area contributed by atoms with Crippen LogP contribution in [-0.4, -0.2) is 46.9 Å². The molecule has 0 heterocycles. The van der Waals surface area contributed by atoms with E-state index in [0.717, 1.165) is 96.3 Å². The van der Waals surface area contributed by atoms with E-state index in [4.69, 9.17) is 4.74 Å². The van der Waals surface area contributed by atoms with Crippen molar-refractivity contribution in [3.8, 4) is 0 Å². The standard InChI is InChI=1S/C48H85NO5/c1-4-7-10-13-16-19-21-23-24-26-29-32-35-38-41-48(53)54-44(39-36-33-30-28-25-22-20-17-14-11-8-5-2)42-47(52)49-45(43-50)46(51)40-37-34-31-27-18-15-12-9-6-3/h7-8,10-11,16-17,19-20,25,28,44-46,50-51H,4-6,9,12-15,18,21-24,26-27,29-43H2,1-3H3,(H,49,52)/b10-7+,11-8+,19-16+,20-17+,28-25+. The fourth-order valence-electron chi connectivity index (χ4n) is 6.48. The third-order valence-corrected chi connectivity index (χ3v) is 9.84. The van der Waals surface area contributed by atoms with Gasteiger partial charge in [0.2, 0.25) is 5.91 Å². The van der Waals surface area contributed by atoms with Crippen LogP contribution in [-0.2, 0) is 14.3 Å². The molecule has 0 radical (unpaired) electrons. The molecule has 0 saturated heterocycles. The Kier molecular flexibility index (Phi) is 39.8. The molecule has 3 unspecified atom stereocenters. The normalized spacial score (nSPS) is 13.9. The lowest BCUT2D eigenvalue weighted by molar-refractivity contribution is -0.151. The third-order valence-electron chi connectivity index (χ3n) is 9.84. The van der Waals surface area contributed by atoms with E-state index in [0.29, 0.717) is 19.3 Å². The SMILES string of the molecule is CC/C=C/C/C=C/C/C=C/CCCCC(CC(=O)NC(CO)C(O)CCCCCCCCCCC)OC(=O)CCCCCCCCC/C=C/C/C=C/CC. The molecule has 0 aliphatic carbocycles. The molecule has 0 saturated carbocycles. The highest BCUT2D eigenvalue weighted by Crippen LogP contribution is 2.16. The van der Waals surface area contributed by atoms with Crippen LogP contribution in [0.1, 0.15) is 207 Å². The summed E-state index contributed by atoms with van der Waals surface area (Å²) >= 11 is 0. The number of hydrogen-bond acceptors (Lipinski definition) is 5. The molecule has 0 bridgehead atoms. The van der Waals surface area contributed by atoms with Gasteiger partial charge in [-0.2, -0.15) is 0 Å². The van der Waals surface area contributed by atoms with Crippen LogP contribution in [0, 0.1) is 0 Å². The summed E-state index contributed by atoms with van der Waals surface area (Å²) in [6.07, 6.45) is 50.0. The van der Waals surface area contributed by atoms with Crippen molar-refractivity contribution in [1.29, 1.82) is 0 Å². The average Bonchev–Trinajstić information content (AvgIpc) is 3.16. The van der Waals surface area contributed by atoms with Gasteiger partial charge in [-0.05, 0) is 83.5 Å². The summed E-state index contributed by atoms with van der Waals surface area (Å²) in [6.45, 7) is 6.21. The number of unbranched alkanes of at least 4 members (excludes halogenated alkanes) is 17. The topological polar surface area (TPSA) is 95.9 Å². The predicted octanol–water partition coefficient (Wildman–Crippen LogP) is 12.9. The number of aliphatic hydroxyl groups excluding tert-OH is 2. The predicted molar refractivity (Wildman–Crippen MR) is 232 cm³/mol. The lowest BCUT2D eigenvalue weighted by Crippen LogP contribution is -2.46. The Labute approximate surface area is 333 Å². The van der Waals surface area contributed by atoms with Gasteiger partial charge in [0.1, 0.15) is 6.10 Å². The Hall–Kier alpha value is -2.44. The zero-order valence-corrected chi connectivity index (χ0v) is 35.3. The molecule has 0 fully saturated rings. The highest BCUT2D eigenvalue weighted by molar-refractivity contribution is 5.77. The van der Waals surface area contributed by atoms with Crippen molar-refractivity contribution in [3.63, 3.8) is 0 Å². The van der Waals surface area contributed by atoms with E-state index in [-0.39, 0.29) is 24.9 Å². The zero-order valence-electron chi connectivity index (χ0n) is 35.3. The Morgan fingerprint density at radius 3 is 1.54 bits per heavy atom. The number of amides is 1. The van der Waals surface area contributed by atoms with Crippen LogP contribution in [0.3, 0.4) is 0 Å². The highest BCUT2D eigenvalue weighted by atomic mass is 16.5. The van der Waals surface area contributed by atoms with Crippen LogP contribution in [0.25, 0.3) is 0 Å². The number of carbonyl (C=O) groups is 2. The molecular weight excluding hydrogens is 671 g/mol. The van der Waals surface area contributed by atoms with Gasteiger partial charge in [-0.25, -0.2) is 0 Å². The van der Waals surface area contributed by atoms with Gasteiger partial charge in [0.15, 0.2) is 0 Å². The van der Waals surface area contributed by atoms with Crippen molar-refractivity contribution < 1.29 is 24.5 Å². The Bertz CT molecular complexity index is 984. The molecule has 0 aliphatic rings. The van der Waals surface area contributed by atoms with Crippen LogP contribution in [0.2, 0.25) is 0 Å². The maximum atomic E-state index is 13.1. The Balaban J connectivity index is 4.66. The summed E-state index contributed by atoms with van der Waals surface area (Å²) < 4.78 is 5.88. The number of ether oxygens (including phenoxy) is 1. The average molecular weight is 756 g/mol. The monoisotopic (exact) mass is 756 g/mol.